The van der Waals surface area contributed by atoms with Crippen LogP contribution in [-0.2, 0) is 23.0 Å². The smallest absolute Gasteiger partial charge is 0.243 e. The van der Waals surface area contributed by atoms with Crippen molar-refractivity contribution in [2.75, 3.05) is 6.54 Å². The number of piperidine rings is 1. The Kier molecular flexibility index (Phi) is 5.41. The van der Waals surface area contributed by atoms with Crippen molar-refractivity contribution >= 4 is 10.0 Å². The number of benzene rings is 1. The van der Waals surface area contributed by atoms with E-state index >= 15 is 0 Å². The van der Waals surface area contributed by atoms with Crippen molar-refractivity contribution in [3.63, 3.8) is 0 Å². The number of sulfonamides is 1. The average molecular weight is 310 g/mol. The van der Waals surface area contributed by atoms with Gasteiger partial charge in [0.25, 0.3) is 0 Å². The first-order chi connectivity index (χ1) is 10.0. The van der Waals surface area contributed by atoms with E-state index in [0.29, 0.717) is 18.0 Å². The van der Waals surface area contributed by atoms with Gasteiger partial charge in [-0.1, -0.05) is 26.3 Å². The third-order valence-corrected chi connectivity index (χ3v) is 6.38. The lowest BCUT2D eigenvalue weighted by atomic mass is 10.0. The van der Waals surface area contributed by atoms with Gasteiger partial charge in [0.1, 0.15) is 0 Å². The Labute approximate surface area is 128 Å². The second-order valence-corrected chi connectivity index (χ2v) is 7.55. The van der Waals surface area contributed by atoms with Gasteiger partial charge in [0.05, 0.1) is 4.90 Å². The third kappa shape index (κ3) is 3.30. The lowest BCUT2D eigenvalue weighted by Gasteiger charge is -2.34. The van der Waals surface area contributed by atoms with E-state index in [9.17, 15) is 8.42 Å². The van der Waals surface area contributed by atoms with E-state index < -0.39 is 10.0 Å². The Balaban J connectivity index is 2.38. The lowest BCUT2D eigenvalue weighted by Crippen LogP contribution is -2.43. The van der Waals surface area contributed by atoms with Crippen LogP contribution in [0.15, 0.2) is 23.1 Å². The summed E-state index contributed by atoms with van der Waals surface area (Å²) in [6.07, 6.45) is 4.77. The molecule has 1 aliphatic heterocycles. The first-order valence-electron chi connectivity index (χ1n) is 7.88. The topological polar surface area (TPSA) is 63.4 Å². The van der Waals surface area contributed by atoms with Crippen LogP contribution in [0.3, 0.4) is 0 Å². The van der Waals surface area contributed by atoms with E-state index in [0.717, 1.165) is 43.2 Å². The molecule has 0 aliphatic carbocycles. The van der Waals surface area contributed by atoms with E-state index in [1.165, 1.54) is 0 Å². The van der Waals surface area contributed by atoms with Crippen molar-refractivity contribution in [2.24, 2.45) is 5.73 Å². The second kappa shape index (κ2) is 6.90. The van der Waals surface area contributed by atoms with Crippen molar-refractivity contribution in [1.29, 1.82) is 0 Å². The molecule has 1 fully saturated rings. The van der Waals surface area contributed by atoms with Crippen molar-refractivity contribution < 1.29 is 8.42 Å². The predicted molar refractivity (Wildman–Crippen MR) is 85.5 cm³/mol. The summed E-state index contributed by atoms with van der Waals surface area (Å²) in [6, 6.07) is 5.53. The molecule has 118 valence electrons. The zero-order chi connectivity index (χ0) is 15.5. The zero-order valence-corrected chi connectivity index (χ0v) is 13.8. The highest BCUT2D eigenvalue weighted by Gasteiger charge is 2.32. The maximum Gasteiger partial charge on any atom is 0.243 e. The fourth-order valence-electron chi connectivity index (χ4n) is 3.13. The quantitative estimate of drug-likeness (QED) is 0.909. The molecular weight excluding hydrogens is 284 g/mol. The van der Waals surface area contributed by atoms with Crippen molar-refractivity contribution in [2.45, 2.75) is 63.4 Å². The summed E-state index contributed by atoms with van der Waals surface area (Å²) in [5.41, 5.74) is 7.82. The SMILES string of the molecule is CCc1ccc(S(=O)(=O)N2CCCCC2CC)cc1CN. The third-order valence-electron chi connectivity index (χ3n) is 4.43. The molecular formula is C16H26N2O2S. The van der Waals surface area contributed by atoms with Crippen LogP contribution >= 0.6 is 0 Å². The van der Waals surface area contributed by atoms with Crippen LogP contribution in [0.5, 0.6) is 0 Å². The molecule has 4 nitrogen and oxygen atoms in total. The number of hydrogen-bond acceptors (Lipinski definition) is 3. The maximum absolute atomic E-state index is 12.9. The summed E-state index contributed by atoms with van der Waals surface area (Å²) < 4.78 is 27.5. The van der Waals surface area contributed by atoms with Crippen LogP contribution in [0.1, 0.15) is 50.7 Å². The van der Waals surface area contributed by atoms with Gasteiger partial charge < -0.3 is 5.73 Å². The van der Waals surface area contributed by atoms with E-state index in [4.69, 9.17) is 5.73 Å². The molecule has 1 unspecified atom stereocenters. The minimum atomic E-state index is -3.40. The van der Waals surface area contributed by atoms with Gasteiger partial charge in [-0.15, -0.1) is 0 Å². The summed E-state index contributed by atoms with van der Waals surface area (Å²) in [5.74, 6) is 0. The van der Waals surface area contributed by atoms with Crippen molar-refractivity contribution in [3.8, 4) is 0 Å². The molecule has 0 amide bonds. The summed E-state index contributed by atoms with van der Waals surface area (Å²) in [6.45, 7) is 5.13. The first-order valence-corrected chi connectivity index (χ1v) is 9.32. The Morgan fingerprint density at radius 2 is 2.00 bits per heavy atom. The van der Waals surface area contributed by atoms with E-state index in [1.807, 2.05) is 6.07 Å². The maximum atomic E-state index is 12.9. The summed E-state index contributed by atoms with van der Waals surface area (Å²) >= 11 is 0. The Hall–Kier alpha value is -0.910. The van der Waals surface area contributed by atoms with E-state index in [2.05, 4.69) is 13.8 Å². The molecule has 1 aliphatic rings. The van der Waals surface area contributed by atoms with Gasteiger partial charge in [-0.3, -0.25) is 0 Å². The minimum absolute atomic E-state index is 0.135. The summed E-state index contributed by atoms with van der Waals surface area (Å²) in [7, 11) is -3.40. The molecule has 0 bridgehead atoms. The lowest BCUT2D eigenvalue weighted by molar-refractivity contribution is 0.246. The number of nitrogens with two attached hydrogens (primary N) is 1. The van der Waals surface area contributed by atoms with Gasteiger partial charge in [0.15, 0.2) is 0 Å². The Bertz CT molecular complexity index is 584. The summed E-state index contributed by atoms with van der Waals surface area (Å²) in [5, 5.41) is 0. The Morgan fingerprint density at radius 3 is 2.62 bits per heavy atom. The van der Waals surface area contributed by atoms with Crippen LogP contribution in [0.2, 0.25) is 0 Å². The highest BCUT2D eigenvalue weighted by atomic mass is 32.2. The van der Waals surface area contributed by atoms with Gasteiger partial charge in [-0.2, -0.15) is 4.31 Å². The molecule has 0 saturated carbocycles. The second-order valence-electron chi connectivity index (χ2n) is 5.66. The van der Waals surface area contributed by atoms with Crippen LogP contribution in [0.25, 0.3) is 0 Å². The molecule has 1 heterocycles. The number of hydrogen-bond donors (Lipinski definition) is 1. The van der Waals surface area contributed by atoms with E-state index in [1.54, 1.807) is 16.4 Å². The fraction of sp³-hybridized carbons (Fsp3) is 0.625. The molecule has 5 heteroatoms. The van der Waals surface area contributed by atoms with Crippen LogP contribution < -0.4 is 5.73 Å². The fourth-order valence-corrected chi connectivity index (χ4v) is 4.95. The van der Waals surface area contributed by atoms with Gasteiger partial charge in [-0.05, 0) is 48.9 Å². The monoisotopic (exact) mass is 310 g/mol. The average Bonchev–Trinajstić information content (AvgIpc) is 2.53. The normalized spacial score (nSPS) is 20.6. The number of nitrogens with zero attached hydrogens (tertiary/aromatic N) is 1. The van der Waals surface area contributed by atoms with Crippen molar-refractivity contribution in [3.05, 3.63) is 29.3 Å². The molecule has 1 aromatic carbocycles. The van der Waals surface area contributed by atoms with Gasteiger partial charge in [0, 0.05) is 19.1 Å². The Morgan fingerprint density at radius 1 is 1.24 bits per heavy atom. The highest BCUT2D eigenvalue weighted by Crippen LogP contribution is 2.28. The van der Waals surface area contributed by atoms with Gasteiger partial charge in [0.2, 0.25) is 10.0 Å². The van der Waals surface area contributed by atoms with Crippen LogP contribution in [0.4, 0.5) is 0 Å². The van der Waals surface area contributed by atoms with Crippen molar-refractivity contribution in [1.82, 2.24) is 4.31 Å². The molecule has 1 atom stereocenters. The molecule has 2 rings (SSSR count). The largest absolute Gasteiger partial charge is 0.326 e. The number of rotatable bonds is 5. The van der Waals surface area contributed by atoms with Crippen LogP contribution in [-0.4, -0.2) is 25.3 Å². The first kappa shape index (κ1) is 16.5. The molecule has 1 saturated heterocycles. The van der Waals surface area contributed by atoms with E-state index in [-0.39, 0.29) is 6.04 Å². The molecule has 0 spiro atoms. The minimum Gasteiger partial charge on any atom is -0.326 e. The molecule has 1 aromatic rings. The van der Waals surface area contributed by atoms with Crippen LogP contribution in [0, 0.1) is 0 Å². The molecule has 0 radical (unpaired) electrons. The number of aryl methyl sites for hydroxylation is 1. The van der Waals surface area contributed by atoms with Gasteiger partial charge in [-0.25, -0.2) is 8.42 Å². The summed E-state index contributed by atoms with van der Waals surface area (Å²) in [4.78, 5) is 0.389. The van der Waals surface area contributed by atoms with Gasteiger partial charge >= 0.3 is 0 Å². The highest BCUT2D eigenvalue weighted by molar-refractivity contribution is 7.89. The molecule has 2 N–H and O–H groups in total. The standard InChI is InChI=1S/C16H26N2O2S/c1-3-13-8-9-16(11-14(13)12-17)21(19,20)18-10-6-5-7-15(18)4-2/h8-9,11,15H,3-7,10,12,17H2,1-2H3. The predicted octanol–water partition coefficient (Wildman–Crippen LogP) is 2.66. The molecule has 21 heavy (non-hydrogen) atoms. The zero-order valence-electron chi connectivity index (χ0n) is 13.0. The molecule has 0 aromatic heterocycles.